The normalized spacial score (nSPS) is 9.62. The Bertz CT molecular complexity index is 339. The number of nitrogens with one attached hydrogen (secondary N) is 1. The van der Waals surface area contributed by atoms with Gasteiger partial charge < -0.3 is 14.8 Å². The zero-order chi connectivity index (χ0) is 11.8. The number of para-hydroxylation sites is 2. The van der Waals surface area contributed by atoms with E-state index >= 15 is 0 Å². The monoisotopic (exact) mass is 223 g/mol. The van der Waals surface area contributed by atoms with E-state index < -0.39 is 0 Å². The molecule has 1 aromatic rings. The molecule has 0 unspecified atom stereocenters. The van der Waals surface area contributed by atoms with E-state index in [-0.39, 0.29) is 5.97 Å². The van der Waals surface area contributed by atoms with E-state index in [1.54, 1.807) is 7.11 Å². The van der Waals surface area contributed by atoms with Crippen LogP contribution < -0.4 is 10.1 Å². The molecule has 4 heteroatoms. The number of esters is 1. The van der Waals surface area contributed by atoms with Gasteiger partial charge in [0.2, 0.25) is 0 Å². The predicted octanol–water partition coefficient (Wildman–Crippen LogP) is 2.06. The van der Waals surface area contributed by atoms with Gasteiger partial charge in [0.25, 0.3) is 0 Å². The van der Waals surface area contributed by atoms with Crippen LogP contribution in [0.15, 0.2) is 24.3 Å². The first-order valence-electron chi connectivity index (χ1n) is 5.21. The van der Waals surface area contributed by atoms with Crippen LogP contribution in [-0.2, 0) is 9.53 Å². The van der Waals surface area contributed by atoms with Gasteiger partial charge in [0, 0.05) is 13.0 Å². The van der Waals surface area contributed by atoms with Gasteiger partial charge in [0.15, 0.2) is 0 Å². The highest BCUT2D eigenvalue weighted by Crippen LogP contribution is 2.22. The molecule has 0 saturated carbocycles. The summed E-state index contributed by atoms with van der Waals surface area (Å²) in [4.78, 5) is 10.9. The number of hydrogen-bond acceptors (Lipinski definition) is 4. The minimum absolute atomic E-state index is 0.179. The molecule has 0 bridgehead atoms. The van der Waals surface area contributed by atoms with E-state index in [9.17, 15) is 4.79 Å². The van der Waals surface area contributed by atoms with Gasteiger partial charge in [0.05, 0.1) is 19.9 Å². The molecule has 16 heavy (non-hydrogen) atoms. The molecule has 0 heterocycles. The van der Waals surface area contributed by atoms with E-state index in [2.05, 4.69) is 10.1 Å². The van der Waals surface area contributed by atoms with Gasteiger partial charge in [-0.3, -0.25) is 4.79 Å². The summed E-state index contributed by atoms with van der Waals surface area (Å²) in [6.07, 6.45) is 1.17. The van der Waals surface area contributed by atoms with Crippen molar-refractivity contribution in [2.45, 2.75) is 12.8 Å². The summed E-state index contributed by atoms with van der Waals surface area (Å²) in [5, 5.41) is 3.21. The van der Waals surface area contributed by atoms with Gasteiger partial charge in [-0.1, -0.05) is 12.1 Å². The zero-order valence-electron chi connectivity index (χ0n) is 9.66. The van der Waals surface area contributed by atoms with Crippen LogP contribution >= 0.6 is 0 Å². The molecule has 1 aromatic carbocycles. The average molecular weight is 223 g/mol. The number of hydrogen-bond donors (Lipinski definition) is 1. The molecule has 1 N–H and O–H groups in total. The van der Waals surface area contributed by atoms with E-state index in [0.29, 0.717) is 6.42 Å². The van der Waals surface area contributed by atoms with Gasteiger partial charge >= 0.3 is 5.97 Å². The Hall–Kier alpha value is -1.71. The topological polar surface area (TPSA) is 47.6 Å². The summed E-state index contributed by atoms with van der Waals surface area (Å²) in [6, 6.07) is 7.68. The summed E-state index contributed by atoms with van der Waals surface area (Å²) in [7, 11) is 3.03. The molecule has 0 aliphatic rings. The molecule has 0 aliphatic carbocycles. The first-order chi connectivity index (χ1) is 7.77. The standard InChI is InChI=1S/C12H17NO3/c1-15-11-7-4-3-6-10(11)13-9-5-8-12(14)16-2/h3-4,6-7,13H,5,8-9H2,1-2H3. The largest absolute Gasteiger partial charge is 0.495 e. The van der Waals surface area contributed by atoms with Crippen molar-refractivity contribution in [1.29, 1.82) is 0 Å². The number of anilines is 1. The van der Waals surface area contributed by atoms with Crippen molar-refractivity contribution in [3.05, 3.63) is 24.3 Å². The average Bonchev–Trinajstić information content (AvgIpc) is 2.34. The number of carbonyl (C=O) groups excluding carboxylic acids is 1. The summed E-state index contributed by atoms with van der Waals surface area (Å²) in [5.41, 5.74) is 0.940. The molecule has 0 fully saturated rings. The van der Waals surface area contributed by atoms with Crippen molar-refractivity contribution in [3.63, 3.8) is 0 Å². The first-order valence-corrected chi connectivity index (χ1v) is 5.21. The van der Waals surface area contributed by atoms with Crippen LogP contribution in [-0.4, -0.2) is 26.7 Å². The lowest BCUT2D eigenvalue weighted by Gasteiger charge is -2.10. The quantitative estimate of drug-likeness (QED) is 0.592. The van der Waals surface area contributed by atoms with Crippen LogP contribution in [0.25, 0.3) is 0 Å². The molecular formula is C12H17NO3. The van der Waals surface area contributed by atoms with Gasteiger partial charge in [-0.2, -0.15) is 0 Å². The van der Waals surface area contributed by atoms with Gasteiger partial charge in [-0.25, -0.2) is 0 Å². The summed E-state index contributed by atoms with van der Waals surface area (Å²) < 4.78 is 9.75. The number of ether oxygens (including phenoxy) is 2. The number of methoxy groups -OCH3 is 2. The van der Waals surface area contributed by atoms with Crippen LogP contribution in [0.1, 0.15) is 12.8 Å². The van der Waals surface area contributed by atoms with Crippen LogP contribution in [0.5, 0.6) is 5.75 Å². The molecule has 0 aliphatic heterocycles. The molecule has 0 radical (unpaired) electrons. The minimum atomic E-state index is -0.179. The van der Waals surface area contributed by atoms with Gasteiger partial charge in [-0.05, 0) is 18.6 Å². The van der Waals surface area contributed by atoms with Crippen LogP contribution in [0.3, 0.4) is 0 Å². The van der Waals surface area contributed by atoms with Gasteiger partial charge in [0.1, 0.15) is 5.75 Å². The SMILES string of the molecule is COC(=O)CCCNc1ccccc1OC. The highest BCUT2D eigenvalue weighted by atomic mass is 16.5. The number of carbonyl (C=O) groups is 1. The Morgan fingerprint density at radius 3 is 2.75 bits per heavy atom. The third-order valence-electron chi connectivity index (χ3n) is 2.21. The number of benzene rings is 1. The second kappa shape index (κ2) is 6.71. The van der Waals surface area contributed by atoms with Crippen molar-refractivity contribution in [3.8, 4) is 5.75 Å². The third-order valence-corrected chi connectivity index (χ3v) is 2.21. The maximum Gasteiger partial charge on any atom is 0.305 e. The Morgan fingerprint density at radius 1 is 1.31 bits per heavy atom. The molecule has 0 spiro atoms. The smallest absolute Gasteiger partial charge is 0.305 e. The van der Waals surface area contributed by atoms with E-state index in [1.165, 1.54) is 7.11 Å². The van der Waals surface area contributed by atoms with Crippen LogP contribution in [0, 0.1) is 0 Å². The summed E-state index contributed by atoms with van der Waals surface area (Å²) in [6.45, 7) is 0.718. The molecule has 0 atom stereocenters. The molecule has 0 amide bonds. The highest BCUT2D eigenvalue weighted by Gasteiger charge is 2.02. The first kappa shape index (κ1) is 12.4. The van der Waals surface area contributed by atoms with E-state index in [4.69, 9.17) is 4.74 Å². The second-order valence-electron chi connectivity index (χ2n) is 3.31. The van der Waals surface area contributed by atoms with Crippen molar-refractivity contribution >= 4 is 11.7 Å². The lowest BCUT2D eigenvalue weighted by Crippen LogP contribution is -2.07. The zero-order valence-corrected chi connectivity index (χ0v) is 9.66. The maximum absolute atomic E-state index is 10.9. The fourth-order valence-electron chi connectivity index (χ4n) is 1.35. The van der Waals surface area contributed by atoms with Crippen molar-refractivity contribution < 1.29 is 14.3 Å². The molecule has 0 aromatic heterocycles. The van der Waals surface area contributed by atoms with E-state index in [0.717, 1.165) is 24.4 Å². The molecule has 0 saturated heterocycles. The lowest BCUT2D eigenvalue weighted by atomic mass is 10.2. The lowest BCUT2D eigenvalue weighted by molar-refractivity contribution is -0.140. The molecule has 4 nitrogen and oxygen atoms in total. The summed E-state index contributed by atoms with van der Waals surface area (Å²) in [5.74, 6) is 0.627. The Balaban J connectivity index is 2.34. The molecular weight excluding hydrogens is 206 g/mol. The maximum atomic E-state index is 10.9. The Labute approximate surface area is 95.6 Å². The third kappa shape index (κ3) is 3.81. The Morgan fingerprint density at radius 2 is 2.06 bits per heavy atom. The minimum Gasteiger partial charge on any atom is -0.495 e. The number of rotatable bonds is 6. The van der Waals surface area contributed by atoms with Crippen molar-refractivity contribution in [1.82, 2.24) is 0 Å². The predicted molar refractivity (Wildman–Crippen MR) is 62.7 cm³/mol. The van der Waals surface area contributed by atoms with Crippen LogP contribution in [0.4, 0.5) is 5.69 Å². The fourth-order valence-corrected chi connectivity index (χ4v) is 1.35. The highest BCUT2D eigenvalue weighted by molar-refractivity contribution is 5.69. The van der Waals surface area contributed by atoms with Crippen molar-refractivity contribution in [2.24, 2.45) is 0 Å². The van der Waals surface area contributed by atoms with Gasteiger partial charge in [-0.15, -0.1) is 0 Å². The Kier molecular flexibility index (Phi) is 5.19. The molecule has 88 valence electrons. The molecule has 1 rings (SSSR count). The van der Waals surface area contributed by atoms with Crippen LogP contribution in [0.2, 0.25) is 0 Å². The van der Waals surface area contributed by atoms with E-state index in [1.807, 2.05) is 24.3 Å². The summed E-state index contributed by atoms with van der Waals surface area (Å²) >= 11 is 0. The van der Waals surface area contributed by atoms with Crippen molar-refractivity contribution in [2.75, 3.05) is 26.1 Å². The second-order valence-corrected chi connectivity index (χ2v) is 3.31. The fraction of sp³-hybridized carbons (Fsp3) is 0.417.